The van der Waals surface area contributed by atoms with Gasteiger partial charge in [-0.2, -0.15) is 0 Å². The molecule has 0 aromatic carbocycles. The lowest BCUT2D eigenvalue weighted by Crippen LogP contribution is -2.47. The summed E-state index contributed by atoms with van der Waals surface area (Å²) in [6.45, 7) is -0.872. The number of aliphatic hydroxyl groups is 2. The van der Waals surface area contributed by atoms with Gasteiger partial charge in [-0.25, -0.2) is 9.36 Å². The molecule has 1 aromatic heterocycles. The SMILES string of the molecule is [N-]=[N+]=N[C@@]1(O)[C@H](O)[C@@H](COP(=O)(O)O)O[C@H]1n1ccc(=O)[nH]c1=O. The molecule has 4 atom stereocenters. The van der Waals surface area contributed by atoms with Crippen LogP contribution in [0.2, 0.25) is 0 Å². The Morgan fingerprint density at radius 3 is 2.75 bits per heavy atom. The third-order valence-electron chi connectivity index (χ3n) is 3.17. The van der Waals surface area contributed by atoms with E-state index in [0.717, 1.165) is 12.3 Å². The molecule has 0 saturated carbocycles. The maximum Gasteiger partial charge on any atom is 0.469 e. The first-order valence-corrected chi connectivity index (χ1v) is 7.75. The van der Waals surface area contributed by atoms with Crippen molar-refractivity contribution in [3.63, 3.8) is 0 Å². The predicted molar refractivity (Wildman–Crippen MR) is 73.3 cm³/mol. The van der Waals surface area contributed by atoms with Crippen LogP contribution >= 0.6 is 7.82 Å². The summed E-state index contributed by atoms with van der Waals surface area (Å²) in [5, 5.41) is 23.4. The Balaban J connectivity index is 2.41. The van der Waals surface area contributed by atoms with E-state index in [1.165, 1.54) is 0 Å². The number of phosphoric acid groups is 1. The van der Waals surface area contributed by atoms with Crippen LogP contribution in [0.25, 0.3) is 10.4 Å². The lowest BCUT2D eigenvalue weighted by atomic mass is 10.0. The van der Waals surface area contributed by atoms with Crippen LogP contribution in [0.4, 0.5) is 0 Å². The normalized spacial score (nSPS) is 30.1. The molecule has 1 aliphatic heterocycles. The van der Waals surface area contributed by atoms with Crippen LogP contribution in [0, 0.1) is 0 Å². The van der Waals surface area contributed by atoms with Crippen molar-refractivity contribution in [1.82, 2.24) is 9.55 Å². The van der Waals surface area contributed by atoms with Crippen LogP contribution < -0.4 is 11.2 Å². The maximum absolute atomic E-state index is 11.8. The number of aromatic nitrogens is 2. The highest BCUT2D eigenvalue weighted by molar-refractivity contribution is 7.46. The van der Waals surface area contributed by atoms with Crippen molar-refractivity contribution in [3.8, 4) is 0 Å². The second kappa shape index (κ2) is 6.47. The maximum atomic E-state index is 11.8. The summed E-state index contributed by atoms with van der Waals surface area (Å²) in [4.78, 5) is 44.4. The smallest absolute Gasteiger partial charge is 0.387 e. The van der Waals surface area contributed by atoms with Crippen molar-refractivity contribution in [2.24, 2.45) is 5.11 Å². The van der Waals surface area contributed by atoms with Gasteiger partial charge in [-0.05, 0) is 5.53 Å². The Morgan fingerprint density at radius 2 is 2.21 bits per heavy atom. The van der Waals surface area contributed by atoms with Gasteiger partial charge in [-0.15, -0.1) is 0 Å². The topological polar surface area (TPSA) is 220 Å². The van der Waals surface area contributed by atoms with E-state index in [4.69, 9.17) is 20.1 Å². The van der Waals surface area contributed by atoms with Gasteiger partial charge in [-0.3, -0.25) is 18.9 Å². The summed E-state index contributed by atoms with van der Waals surface area (Å²) in [6.07, 6.45) is -4.39. The van der Waals surface area contributed by atoms with Gasteiger partial charge < -0.3 is 24.7 Å². The zero-order chi connectivity index (χ0) is 18.1. The second-order valence-corrected chi connectivity index (χ2v) is 5.99. The molecule has 1 fully saturated rings. The van der Waals surface area contributed by atoms with Crippen LogP contribution in [-0.4, -0.2) is 54.1 Å². The molecule has 24 heavy (non-hydrogen) atoms. The summed E-state index contributed by atoms with van der Waals surface area (Å²) < 4.78 is 20.7. The number of rotatable bonds is 5. The highest BCUT2D eigenvalue weighted by Gasteiger charge is 2.57. The summed E-state index contributed by atoms with van der Waals surface area (Å²) in [6, 6.07) is 0.910. The molecule has 2 heterocycles. The minimum atomic E-state index is -4.90. The summed E-state index contributed by atoms with van der Waals surface area (Å²) in [7, 11) is -4.90. The number of aromatic amines is 1. The van der Waals surface area contributed by atoms with Crippen molar-refractivity contribution in [2.45, 2.75) is 24.2 Å². The largest absolute Gasteiger partial charge is 0.469 e. The van der Waals surface area contributed by atoms with Crippen LogP contribution in [0.15, 0.2) is 27.0 Å². The van der Waals surface area contributed by atoms with Gasteiger partial charge in [0.25, 0.3) is 5.56 Å². The quantitative estimate of drug-likeness (QED) is 0.167. The molecule has 15 heteroatoms. The first kappa shape index (κ1) is 18.3. The Morgan fingerprint density at radius 1 is 1.54 bits per heavy atom. The zero-order valence-corrected chi connectivity index (χ0v) is 12.6. The third-order valence-corrected chi connectivity index (χ3v) is 3.66. The van der Waals surface area contributed by atoms with Gasteiger partial charge in [0.15, 0.2) is 6.23 Å². The molecule has 14 nitrogen and oxygen atoms in total. The van der Waals surface area contributed by atoms with Gasteiger partial charge in [0.1, 0.15) is 12.2 Å². The standard InChI is InChI=1S/C9H12N5O9P/c10-13-12-9(18)6(16)4(3-22-24(19,20)21)23-7(9)14-2-1-5(15)11-8(14)17/h1-2,4,6-7,16,18H,3H2,(H,11,15,17)(H2,19,20,21)/t4-,6-,7-,9-/m1/s1. The predicted octanol–water partition coefficient (Wildman–Crippen LogP) is -2.10. The molecule has 132 valence electrons. The average Bonchev–Trinajstić information content (AvgIpc) is 2.70. The van der Waals surface area contributed by atoms with Crippen molar-refractivity contribution in [2.75, 3.05) is 6.61 Å². The first-order valence-electron chi connectivity index (χ1n) is 6.22. The third kappa shape index (κ3) is 3.56. The molecule has 0 spiro atoms. The van der Waals surface area contributed by atoms with E-state index in [2.05, 4.69) is 14.5 Å². The fraction of sp³-hybridized carbons (Fsp3) is 0.556. The van der Waals surface area contributed by atoms with Crippen molar-refractivity contribution < 1.29 is 33.8 Å². The number of aliphatic hydroxyl groups excluding tert-OH is 1. The molecule has 1 aliphatic rings. The van der Waals surface area contributed by atoms with Crippen molar-refractivity contribution in [1.29, 1.82) is 0 Å². The van der Waals surface area contributed by atoms with E-state index >= 15 is 0 Å². The van der Waals surface area contributed by atoms with Gasteiger partial charge in [-0.1, -0.05) is 5.11 Å². The van der Waals surface area contributed by atoms with E-state index in [-0.39, 0.29) is 0 Å². The van der Waals surface area contributed by atoms with Crippen molar-refractivity contribution in [3.05, 3.63) is 43.5 Å². The monoisotopic (exact) mass is 365 g/mol. The molecule has 0 bridgehead atoms. The molecule has 1 saturated heterocycles. The first-order chi connectivity index (χ1) is 11.1. The van der Waals surface area contributed by atoms with Gasteiger partial charge in [0, 0.05) is 17.2 Å². The van der Waals surface area contributed by atoms with E-state index in [0.29, 0.717) is 4.57 Å². The van der Waals surface area contributed by atoms with E-state index < -0.39 is 49.8 Å². The number of azide groups is 1. The fourth-order valence-corrected chi connectivity index (χ4v) is 2.46. The number of ether oxygens (including phenoxy) is 1. The molecule has 0 aliphatic carbocycles. The zero-order valence-electron chi connectivity index (χ0n) is 11.7. The van der Waals surface area contributed by atoms with E-state index in [1.54, 1.807) is 0 Å². The molecule has 0 radical (unpaired) electrons. The lowest BCUT2D eigenvalue weighted by molar-refractivity contribution is -0.106. The molecular weight excluding hydrogens is 353 g/mol. The van der Waals surface area contributed by atoms with Gasteiger partial charge in [0.05, 0.1) is 6.61 Å². The highest BCUT2D eigenvalue weighted by atomic mass is 31.2. The molecule has 0 unspecified atom stereocenters. The Kier molecular flexibility index (Phi) is 4.94. The second-order valence-electron chi connectivity index (χ2n) is 4.75. The number of nitrogens with one attached hydrogen (secondary N) is 1. The molecule has 1 aromatic rings. The van der Waals surface area contributed by atoms with Crippen LogP contribution in [0.5, 0.6) is 0 Å². The number of phosphoric ester groups is 1. The summed E-state index contributed by atoms with van der Waals surface area (Å²) >= 11 is 0. The molecular formula is C9H12N5O9P. The average molecular weight is 365 g/mol. The van der Waals surface area contributed by atoms with Crippen LogP contribution in [0.3, 0.4) is 0 Å². The molecule has 5 N–H and O–H groups in total. The Labute approximate surface area is 131 Å². The highest BCUT2D eigenvalue weighted by Crippen LogP contribution is 2.42. The minimum Gasteiger partial charge on any atom is -0.387 e. The van der Waals surface area contributed by atoms with Gasteiger partial charge >= 0.3 is 13.5 Å². The minimum absolute atomic E-state index is 0.636. The summed E-state index contributed by atoms with van der Waals surface area (Å²) in [5.41, 5.74) is 4.08. The van der Waals surface area contributed by atoms with E-state index in [1.807, 2.05) is 4.98 Å². The van der Waals surface area contributed by atoms with E-state index in [9.17, 15) is 24.4 Å². The number of H-pyrrole nitrogens is 1. The summed E-state index contributed by atoms with van der Waals surface area (Å²) in [5.74, 6) is 0. The Bertz CT molecular complexity index is 825. The molecule has 0 amide bonds. The lowest BCUT2D eigenvalue weighted by Gasteiger charge is -2.26. The number of hydrogen-bond acceptors (Lipinski definition) is 8. The van der Waals surface area contributed by atoms with Gasteiger partial charge in [0.2, 0.25) is 5.72 Å². The van der Waals surface area contributed by atoms with Crippen LogP contribution in [-0.2, 0) is 13.8 Å². The van der Waals surface area contributed by atoms with Crippen LogP contribution in [0.1, 0.15) is 6.23 Å². The molecule has 2 rings (SSSR count). The number of nitrogens with zero attached hydrogens (tertiary/aromatic N) is 4. The van der Waals surface area contributed by atoms with Crippen molar-refractivity contribution >= 4 is 7.82 Å². The fourth-order valence-electron chi connectivity index (χ4n) is 2.12. The Hall–Kier alpha value is -2.02. The number of hydrogen-bond donors (Lipinski definition) is 5.